The SMILES string of the molecule is COc1nonc1C(=O)N[C@H](c1cn2ncc(CN3C[C@@H](C(F)(F)F)NC3=O)cc2n1)C1CCC(F)(F)CC1. The van der Waals surface area contributed by atoms with Crippen molar-refractivity contribution < 1.29 is 40.9 Å². The summed E-state index contributed by atoms with van der Waals surface area (Å²) in [6, 6.07) is -2.08. The highest BCUT2D eigenvalue weighted by Crippen LogP contribution is 2.41. The number of methoxy groups -OCH3 is 1. The van der Waals surface area contributed by atoms with E-state index in [0.717, 1.165) is 4.90 Å². The van der Waals surface area contributed by atoms with E-state index in [2.05, 4.69) is 30.3 Å². The van der Waals surface area contributed by atoms with Gasteiger partial charge in [0.15, 0.2) is 5.65 Å². The van der Waals surface area contributed by atoms with Crippen LogP contribution in [0, 0.1) is 5.92 Å². The fourth-order valence-corrected chi connectivity index (χ4v) is 4.79. The number of urea groups is 1. The molecule has 0 radical (unpaired) electrons. The second kappa shape index (κ2) is 9.92. The average molecular weight is 558 g/mol. The van der Waals surface area contributed by atoms with Crippen molar-refractivity contribution in [3.8, 4) is 5.88 Å². The van der Waals surface area contributed by atoms with E-state index in [4.69, 9.17) is 4.74 Å². The first-order valence-corrected chi connectivity index (χ1v) is 11.9. The molecule has 0 aromatic carbocycles. The number of rotatable bonds is 7. The first-order chi connectivity index (χ1) is 18.4. The molecule has 1 aliphatic heterocycles. The van der Waals surface area contributed by atoms with E-state index in [1.807, 2.05) is 5.32 Å². The summed E-state index contributed by atoms with van der Waals surface area (Å²) in [5.74, 6) is -4.05. The Morgan fingerprint density at radius 1 is 1.31 bits per heavy atom. The summed E-state index contributed by atoms with van der Waals surface area (Å²) in [7, 11) is 1.28. The number of carbonyl (C=O) groups is 2. The number of fused-ring (bicyclic) bond motifs is 1. The summed E-state index contributed by atoms with van der Waals surface area (Å²) in [5.41, 5.74) is 0.813. The number of alkyl halides is 5. The lowest BCUT2D eigenvalue weighted by atomic mass is 9.81. The highest BCUT2D eigenvalue weighted by atomic mass is 19.4. The standard InChI is InChI=1S/C22H23F5N8O4/c1-38-19-17(32-39-33-19)18(36)31-16(12-2-4-21(23,24)5-3-12)13-9-35-15(29-13)6-11(7-28-35)8-34-10-14(22(25,26)27)30-20(34)37/h6-7,9,12,14,16H,2-5,8,10H2,1H3,(H,30,37)(H,31,36)/t14-,16-/m0/s1. The van der Waals surface area contributed by atoms with Crippen LogP contribution in [0.4, 0.5) is 26.7 Å². The molecule has 4 heterocycles. The van der Waals surface area contributed by atoms with Gasteiger partial charge < -0.3 is 20.3 Å². The quantitative estimate of drug-likeness (QED) is 0.422. The second-order valence-corrected chi connectivity index (χ2v) is 9.52. The van der Waals surface area contributed by atoms with Gasteiger partial charge in [0.25, 0.3) is 11.8 Å². The maximum absolute atomic E-state index is 13.9. The van der Waals surface area contributed by atoms with E-state index in [1.54, 1.807) is 6.07 Å². The van der Waals surface area contributed by atoms with Crippen LogP contribution >= 0.6 is 0 Å². The molecule has 210 valence electrons. The van der Waals surface area contributed by atoms with Crippen LogP contribution in [0.1, 0.15) is 53.5 Å². The third kappa shape index (κ3) is 5.56. The molecule has 2 aliphatic rings. The Morgan fingerprint density at radius 2 is 2.05 bits per heavy atom. The smallest absolute Gasteiger partial charge is 0.410 e. The third-order valence-corrected chi connectivity index (χ3v) is 6.86. The van der Waals surface area contributed by atoms with E-state index in [0.29, 0.717) is 11.3 Å². The Balaban J connectivity index is 1.39. The van der Waals surface area contributed by atoms with Crippen LogP contribution < -0.4 is 15.4 Å². The van der Waals surface area contributed by atoms with Crippen LogP contribution in [0.15, 0.2) is 23.1 Å². The van der Waals surface area contributed by atoms with Crippen LogP contribution in [0.3, 0.4) is 0 Å². The van der Waals surface area contributed by atoms with Gasteiger partial charge in [-0.25, -0.2) is 27.7 Å². The number of imidazole rings is 1. The van der Waals surface area contributed by atoms with Crippen molar-refractivity contribution in [1.29, 1.82) is 0 Å². The fourth-order valence-electron chi connectivity index (χ4n) is 4.79. The molecule has 3 amide bonds. The molecule has 3 aromatic rings. The number of carbonyl (C=O) groups excluding carboxylic acids is 2. The highest BCUT2D eigenvalue weighted by Gasteiger charge is 2.47. The third-order valence-electron chi connectivity index (χ3n) is 6.86. The lowest BCUT2D eigenvalue weighted by molar-refractivity contribution is -0.149. The van der Waals surface area contributed by atoms with E-state index in [9.17, 15) is 31.5 Å². The second-order valence-electron chi connectivity index (χ2n) is 9.52. The summed E-state index contributed by atoms with van der Waals surface area (Å²) < 4.78 is 77.6. The van der Waals surface area contributed by atoms with Crippen molar-refractivity contribution in [2.75, 3.05) is 13.7 Å². The molecule has 39 heavy (non-hydrogen) atoms. The maximum Gasteiger partial charge on any atom is 0.410 e. The van der Waals surface area contributed by atoms with Crippen molar-refractivity contribution in [3.63, 3.8) is 0 Å². The number of halogens is 5. The first-order valence-electron chi connectivity index (χ1n) is 11.9. The Morgan fingerprint density at radius 3 is 2.72 bits per heavy atom. The Bertz CT molecular complexity index is 1370. The molecule has 5 rings (SSSR count). The number of nitrogens with one attached hydrogen (secondary N) is 2. The molecule has 2 N–H and O–H groups in total. The van der Waals surface area contributed by atoms with Gasteiger partial charge >= 0.3 is 12.2 Å². The molecule has 1 saturated carbocycles. The lowest BCUT2D eigenvalue weighted by Crippen LogP contribution is -2.40. The first kappa shape index (κ1) is 26.6. The zero-order valence-corrected chi connectivity index (χ0v) is 20.4. The van der Waals surface area contributed by atoms with E-state index in [-0.39, 0.29) is 49.4 Å². The molecule has 17 heteroatoms. The molecular formula is C22H23F5N8O4. The molecule has 0 unspecified atom stereocenters. The lowest BCUT2D eigenvalue weighted by Gasteiger charge is -2.33. The predicted octanol–water partition coefficient (Wildman–Crippen LogP) is 2.87. The number of hydrogen-bond acceptors (Lipinski definition) is 8. The molecule has 1 saturated heterocycles. The fraction of sp³-hybridized carbons (Fsp3) is 0.545. The topological polar surface area (TPSA) is 140 Å². The van der Waals surface area contributed by atoms with Gasteiger partial charge in [0, 0.05) is 19.4 Å². The van der Waals surface area contributed by atoms with Crippen molar-refractivity contribution in [2.24, 2.45) is 5.92 Å². The van der Waals surface area contributed by atoms with E-state index in [1.165, 1.54) is 24.0 Å². The van der Waals surface area contributed by atoms with Gasteiger partial charge in [-0.3, -0.25) is 4.79 Å². The van der Waals surface area contributed by atoms with Gasteiger partial charge in [-0.15, -0.1) is 0 Å². The zero-order chi connectivity index (χ0) is 27.9. The van der Waals surface area contributed by atoms with Crippen LogP contribution in [0.2, 0.25) is 0 Å². The van der Waals surface area contributed by atoms with Crippen molar-refractivity contribution in [3.05, 3.63) is 35.4 Å². The number of hydrogen-bond donors (Lipinski definition) is 2. The largest absolute Gasteiger partial charge is 0.477 e. The van der Waals surface area contributed by atoms with Crippen molar-refractivity contribution in [1.82, 2.24) is 40.4 Å². The summed E-state index contributed by atoms with van der Waals surface area (Å²) in [6.45, 7) is -0.686. The molecule has 2 atom stereocenters. The number of amides is 3. The Hall–Kier alpha value is -4.05. The van der Waals surface area contributed by atoms with Crippen molar-refractivity contribution in [2.45, 2.75) is 56.4 Å². The maximum atomic E-state index is 13.9. The predicted molar refractivity (Wildman–Crippen MR) is 120 cm³/mol. The minimum absolute atomic E-state index is 0.114. The van der Waals surface area contributed by atoms with Crippen LogP contribution in [0.25, 0.3) is 5.65 Å². The summed E-state index contributed by atoms with van der Waals surface area (Å²) in [4.78, 5) is 30.5. The molecule has 0 spiro atoms. The van der Waals surface area contributed by atoms with Crippen LogP contribution in [0.5, 0.6) is 5.88 Å². The minimum Gasteiger partial charge on any atom is -0.477 e. The molecule has 1 aliphatic carbocycles. The molecule has 0 bridgehead atoms. The van der Waals surface area contributed by atoms with Gasteiger partial charge in [0.1, 0.15) is 6.04 Å². The molecule has 12 nitrogen and oxygen atoms in total. The van der Waals surface area contributed by atoms with Crippen molar-refractivity contribution >= 4 is 17.6 Å². The summed E-state index contributed by atoms with van der Waals surface area (Å²) in [6.07, 6.45) is -2.15. The Kier molecular flexibility index (Phi) is 6.76. The normalized spacial score (nSPS) is 20.7. The minimum atomic E-state index is -4.57. The van der Waals surface area contributed by atoms with E-state index >= 15 is 0 Å². The highest BCUT2D eigenvalue weighted by molar-refractivity contribution is 5.94. The summed E-state index contributed by atoms with van der Waals surface area (Å²) in [5, 5.41) is 15.9. The average Bonchev–Trinajstić information content (AvgIpc) is 3.60. The van der Waals surface area contributed by atoms with Gasteiger partial charge in [-0.05, 0) is 40.7 Å². The van der Waals surface area contributed by atoms with E-state index < -0.39 is 48.6 Å². The number of nitrogens with zero attached hydrogens (tertiary/aromatic N) is 6. The number of aromatic nitrogens is 5. The van der Waals surface area contributed by atoms with Gasteiger partial charge in [-0.2, -0.15) is 18.3 Å². The van der Waals surface area contributed by atoms with Gasteiger partial charge in [-0.1, -0.05) is 0 Å². The molecular weight excluding hydrogens is 535 g/mol. The molecule has 2 fully saturated rings. The zero-order valence-electron chi connectivity index (χ0n) is 20.4. The van der Waals surface area contributed by atoms with Crippen LogP contribution in [-0.2, 0) is 6.54 Å². The number of ether oxygens (including phenoxy) is 1. The monoisotopic (exact) mass is 558 g/mol. The summed E-state index contributed by atoms with van der Waals surface area (Å²) >= 11 is 0. The van der Waals surface area contributed by atoms with Gasteiger partial charge in [0.05, 0.1) is 37.8 Å². The van der Waals surface area contributed by atoms with Gasteiger partial charge in [0.2, 0.25) is 11.6 Å². The van der Waals surface area contributed by atoms with Crippen LogP contribution in [-0.4, -0.2) is 73.5 Å². The Labute approximate surface area is 216 Å². The molecule has 3 aromatic heterocycles.